The van der Waals surface area contributed by atoms with Crippen molar-refractivity contribution in [2.75, 3.05) is 21.3 Å². The van der Waals surface area contributed by atoms with E-state index in [1.165, 1.54) is 0 Å². The van der Waals surface area contributed by atoms with Crippen molar-refractivity contribution in [1.29, 1.82) is 0 Å². The van der Waals surface area contributed by atoms with Crippen molar-refractivity contribution in [3.05, 3.63) is 29.4 Å². The summed E-state index contributed by atoms with van der Waals surface area (Å²) in [6, 6.07) is 4.14. The van der Waals surface area contributed by atoms with Crippen LogP contribution < -0.4 is 19.9 Å². The Morgan fingerprint density at radius 3 is 2.29 bits per heavy atom. The van der Waals surface area contributed by atoms with Gasteiger partial charge in [-0.05, 0) is 37.0 Å². The number of hydrogen-bond donors (Lipinski definition) is 1. The summed E-state index contributed by atoms with van der Waals surface area (Å²) in [6.07, 6.45) is 3.27. The predicted octanol–water partition coefficient (Wildman–Crippen LogP) is 2.09. The molecule has 2 N–H and O–H groups in total. The van der Waals surface area contributed by atoms with Gasteiger partial charge >= 0.3 is 0 Å². The molecule has 0 saturated heterocycles. The Kier molecular flexibility index (Phi) is 4.89. The molecule has 1 saturated carbocycles. The molecule has 0 amide bonds. The first-order chi connectivity index (χ1) is 11.6. The highest BCUT2D eigenvalue weighted by Crippen LogP contribution is 2.38. The summed E-state index contributed by atoms with van der Waals surface area (Å²) >= 11 is 0. The van der Waals surface area contributed by atoms with Crippen LogP contribution in [0.2, 0.25) is 0 Å². The molecule has 3 rings (SSSR count). The van der Waals surface area contributed by atoms with Crippen molar-refractivity contribution >= 4 is 0 Å². The van der Waals surface area contributed by atoms with Crippen LogP contribution in [0.25, 0.3) is 0 Å². The fraction of sp³-hybridized carbons (Fsp3) is 0.529. The Balaban J connectivity index is 1.68. The third-order valence-corrected chi connectivity index (χ3v) is 4.38. The Hall–Kier alpha value is -2.28. The summed E-state index contributed by atoms with van der Waals surface area (Å²) < 4.78 is 21.4. The zero-order valence-corrected chi connectivity index (χ0v) is 14.2. The SMILES string of the molecule is COc1cc(CCc2nc(C3CC(N)C3)no2)cc(OC)c1OC. The number of benzene rings is 1. The molecule has 7 nitrogen and oxygen atoms in total. The molecule has 1 aliphatic carbocycles. The second kappa shape index (κ2) is 7.09. The number of methoxy groups -OCH3 is 3. The van der Waals surface area contributed by atoms with Gasteiger partial charge in [0.05, 0.1) is 21.3 Å². The predicted molar refractivity (Wildman–Crippen MR) is 87.8 cm³/mol. The van der Waals surface area contributed by atoms with Crippen molar-refractivity contribution in [2.45, 2.75) is 37.6 Å². The van der Waals surface area contributed by atoms with Gasteiger partial charge in [-0.1, -0.05) is 5.16 Å². The van der Waals surface area contributed by atoms with Gasteiger partial charge in [-0.25, -0.2) is 0 Å². The van der Waals surface area contributed by atoms with E-state index < -0.39 is 0 Å². The molecule has 2 aromatic rings. The van der Waals surface area contributed by atoms with Crippen molar-refractivity contribution in [1.82, 2.24) is 10.1 Å². The molecule has 1 aliphatic rings. The van der Waals surface area contributed by atoms with Crippen LogP contribution in [-0.2, 0) is 12.8 Å². The molecular weight excluding hydrogens is 310 g/mol. The van der Waals surface area contributed by atoms with E-state index in [2.05, 4.69) is 10.1 Å². The van der Waals surface area contributed by atoms with E-state index >= 15 is 0 Å². The highest BCUT2D eigenvalue weighted by molar-refractivity contribution is 5.53. The van der Waals surface area contributed by atoms with Crippen LogP contribution in [0.3, 0.4) is 0 Å². The standard InChI is InChI=1S/C17H23N3O4/c1-21-13-6-10(7-14(22-2)16(13)23-3)4-5-15-19-17(20-24-15)11-8-12(18)9-11/h6-7,11-12H,4-5,8-9,18H2,1-3H3. The zero-order chi connectivity index (χ0) is 17.1. The van der Waals surface area contributed by atoms with Gasteiger partial charge in [0.1, 0.15) is 0 Å². The van der Waals surface area contributed by atoms with Gasteiger partial charge in [-0.15, -0.1) is 0 Å². The first-order valence-corrected chi connectivity index (χ1v) is 8.01. The lowest BCUT2D eigenvalue weighted by atomic mass is 9.80. The highest BCUT2D eigenvalue weighted by atomic mass is 16.5. The number of hydrogen-bond acceptors (Lipinski definition) is 7. The van der Waals surface area contributed by atoms with Crippen molar-refractivity contribution in [2.24, 2.45) is 5.73 Å². The number of ether oxygens (including phenoxy) is 3. The maximum atomic E-state index is 5.81. The minimum atomic E-state index is 0.274. The van der Waals surface area contributed by atoms with Crippen LogP contribution in [0.5, 0.6) is 17.2 Å². The lowest BCUT2D eigenvalue weighted by Crippen LogP contribution is -2.35. The summed E-state index contributed by atoms with van der Waals surface area (Å²) in [5.41, 5.74) is 6.86. The summed E-state index contributed by atoms with van der Waals surface area (Å²) in [7, 11) is 4.80. The van der Waals surface area contributed by atoms with Gasteiger partial charge in [-0.2, -0.15) is 4.98 Å². The highest BCUT2D eigenvalue weighted by Gasteiger charge is 2.31. The molecule has 0 radical (unpaired) electrons. The zero-order valence-electron chi connectivity index (χ0n) is 14.2. The fourth-order valence-corrected chi connectivity index (χ4v) is 2.94. The molecule has 0 bridgehead atoms. The van der Waals surface area contributed by atoms with Crippen molar-refractivity contribution < 1.29 is 18.7 Å². The van der Waals surface area contributed by atoms with Crippen LogP contribution in [0.1, 0.15) is 36.0 Å². The minimum absolute atomic E-state index is 0.274. The van der Waals surface area contributed by atoms with Crippen LogP contribution >= 0.6 is 0 Å². The maximum absolute atomic E-state index is 5.81. The molecule has 24 heavy (non-hydrogen) atoms. The second-order valence-corrected chi connectivity index (χ2v) is 6.01. The van der Waals surface area contributed by atoms with E-state index in [1.807, 2.05) is 12.1 Å². The van der Waals surface area contributed by atoms with Gasteiger partial charge in [0, 0.05) is 18.4 Å². The van der Waals surface area contributed by atoms with Gasteiger partial charge in [-0.3, -0.25) is 0 Å². The van der Waals surface area contributed by atoms with Crippen LogP contribution in [-0.4, -0.2) is 37.5 Å². The van der Waals surface area contributed by atoms with Crippen molar-refractivity contribution in [3.63, 3.8) is 0 Å². The van der Waals surface area contributed by atoms with E-state index in [4.69, 9.17) is 24.5 Å². The average molecular weight is 333 g/mol. The third kappa shape index (κ3) is 3.31. The smallest absolute Gasteiger partial charge is 0.226 e. The molecule has 0 unspecified atom stereocenters. The molecule has 0 aliphatic heterocycles. The van der Waals surface area contributed by atoms with Crippen LogP contribution in [0.15, 0.2) is 16.7 Å². The molecule has 130 valence electrons. The van der Waals surface area contributed by atoms with E-state index in [1.54, 1.807) is 21.3 Å². The van der Waals surface area contributed by atoms with Gasteiger partial charge in [0.15, 0.2) is 17.3 Å². The number of rotatable bonds is 7. The number of aryl methyl sites for hydroxylation is 2. The van der Waals surface area contributed by atoms with E-state index in [0.29, 0.717) is 35.5 Å². The van der Waals surface area contributed by atoms with Gasteiger partial charge in [0.25, 0.3) is 0 Å². The lowest BCUT2D eigenvalue weighted by Gasteiger charge is -2.29. The molecule has 7 heteroatoms. The first kappa shape index (κ1) is 16.6. The molecule has 0 spiro atoms. The van der Waals surface area contributed by atoms with E-state index in [-0.39, 0.29) is 6.04 Å². The first-order valence-electron chi connectivity index (χ1n) is 8.01. The van der Waals surface area contributed by atoms with Gasteiger partial charge in [0.2, 0.25) is 11.6 Å². The minimum Gasteiger partial charge on any atom is -0.493 e. The van der Waals surface area contributed by atoms with E-state index in [9.17, 15) is 0 Å². The summed E-state index contributed by atoms with van der Waals surface area (Å²) in [4.78, 5) is 4.48. The Labute approximate surface area is 141 Å². The quantitative estimate of drug-likeness (QED) is 0.829. The summed E-state index contributed by atoms with van der Waals surface area (Å²) in [6.45, 7) is 0. The fourth-order valence-electron chi connectivity index (χ4n) is 2.94. The third-order valence-electron chi connectivity index (χ3n) is 4.38. The normalized spacial score (nSPS) is 19.7. The molecule has 1 aromatic heterocycles. The van der Waals surface area contributed by atoms with E-state index in [0.717, 1.165) is 30.7 Å². The number of nitrogens with zero attached hydrogens (tertiary/aromatic N) is 2. The average Bonchev–Trinajstić information content (AvgIpc) is 3.04. The Morgan fingerprint density at radius 1 is 1.08 bits per heavy atom. The number of aromatic nitrogens is 2. The Bertz CT molecular complexity index is 670. The van der Waals surface area contributed by atoms with Crippen LogP contribution in [0.4, 0.5) is 0 Å². The molecule has 1 aromatic carbocycles. The topological polar surface area (TPSA) is 92.6 Å². The van der Waals surface area contributed by atoms with Gasteiger partial charge < -0.3 is 24.5 Å². The molecule has 1 fully saturated rings. The van der Waals surface area contributed by atoms with Crippen LogP contribution in [0, 0.1) is 0 Å². The largest absolute Gasteiger partial charge is 0.493 e. The Morgan fingerprint density at radius 2 is 1.75 bits per heavy atom. The maximum Gasteiger partial charge on any atom is 0.226 e. The second-order valence-electron chi connectivity index (χ2n) is 6.01. The lowest BCUT2D eigenvalue weighted by molar-refractivity contribution is 0.317. The molecular formula is C17H23N3O4. The molecule has 0 atom stereocenters. The van der Waals surface area contributed by atoms with Crippen molar-refractivity contribution in [3.8, 4) is 17.2 Å². The molecule has 1 heterocycles. The summed E-state index contributed by atoms with van der Waals surface area (Å²) in [5.74, 6) is 3.63. The monoisotopic (exact) mass is 333 g/mol. The summed E-state index contributed by atoms with van der Waals surface area (Å²) in [5, 5.41) is 4.07. The number of nitrogens with two attached hydrogens (primary N) is 1.